The lowest BCUT2D eigenvalue weighted by Gasteiger charge is -2.03. The summed E-state index contributed by atoms with van der Waals surface area (Å²) >= 11 is 0. The van der Waals surface area contributed by atoms with Gasteiger partial charge in [0.25, 0.3) is 0 Å². The van der Waals surface area contributed by atoms with Gasteiger partial charge in [-0.1, -0.05) is 0 Å². The van der Waals surface area contributed by atoms with E-state index >= 15 is 0 Å². The van der Waals surface area contributed by atoms with Crippen molar-refractivity contribution in [3.8, 4) is 0 Å². The molecule has 0 bridgehead atoms. The van der Waals surface area contributed by atoms with E-state index < -0.39 is 0 Å². The summed E-state index contributed by atoms with van der Waals surface area (Å²) in [6, 6.07) is 6.59. The predicted octanol–water partition coefficient (Wildman–Crippen LogP) is 1.35. The fourth-order valence-electron chi connectivity index (χ4n) is 1.48. The van der Waals surface area contributed by atoms with Crippen LogP contribution in [0, 0.1) is 0 Å². The topological polar surface area (TPSA) is 39.1 Å². The molecule has 0 aliphatic rings. The molecule has 0 amide bonds. The Morgan fingerprint density at radius 3 is 2.79 bits per heavy atom. The van der Waals surface area contributed by atoms with Crippen LogP contribution in [-0.2, 0) is 7.05 Å². The third-order valence-electron chi connectivity index (χ3n) is 2.25. The smallest absolute Gasteiger partial charge is 0.189 e. The summed E-state index contributed by atoms with van der Waals surface area (Å²) in [6.07, 6.45) is 2.46. The molecule has 0 atom stereocenters. The number of hydrogen-bond donors (Lipinski definition) is 0. The molecular formula is C11H9NO2. The molecule has 1 heterocycles. The highest BCUT2D eigenvalue weighted by atomic mass is 16.1. The predicted molar refractivity (Wildman–Crippen MR) is 54.6 cm³/mol. The zero-order valence-corrected chi connectivity index (χ0v) is 7.73. The molecule has 0 unspecified atom stereocenters. The number of aldehydes is 1. The van der Waals surface area contributed by atoms with Gasteiger partial charge < -0.3 is 4.57 Å². The second-order valence-corrected chi connectivity index (χ2v) is 3.19. The quantitative estimate of drug-likeness (QED) is 0.632. The highest BCUT2D eigenvalue weighted by Crippen LogP contribution is 2.10. The van der Waals surface area contributed by atoms with Crippen LogP contribution in [0.3, 0.4) is 0 Å². The van der Waals surface area contributed by atoms with Gasteiger partial charge in [0.1, 0.15) is 6.29 Å². The molecule has 1 aromatic carbocycles. The number of carbonyl (C=O) groups excluding carboxylic acids is 1. The van der Waals surface area contributed by atoms with Crippen molar-refractivity contribution in [3.05, 3.63) is 46.2 Å². The number of pyridine rings is 1. The van der Waals surface area contributed by atoms with Crippen molar-refractivity contribution in [2.45, 2.75) is 0 Å². The lowest BCUT2D eigenvalue weighted by molar-refractivity contribution is 0.112. The van der Waals surface area contributed by atoms with Crippen LogP contribution in [-0.4, -0.2) is 10.9 Å². The van der Waals surface area contributed by atoms with Crippen LogP contribution in [0.1, 0.15) is 10.4 Å². The minimum atomic E-state index is -0.0539. The highest BCUT2D eigenvalue weighted by Gasteiger charge is 2.00. The molecule has 14 heavy (non-hydrogen) atoms. The van der Waals surface area contributed by atoms with Crippen LogP contribution in [0.25, 0.3) is 10.9 Å². The summed E-state index contributed by atoms with van der Waals surface area (Å²) < 4.78 is 1.85. The van der Waals surface area contributed by atoms with Gasteiger partial charge in [-0.2, -0.15) is 0 Å². The first kappa shape index (κ1) is 8.69. The van der Waals surface area contributed by atoms with Crippen molar-refractivity contribution in [1.82, 2.24) is 4.57 Å². The van der Waals surface area contributed by atoms with Crippen LogP contribution >= 0.6 is 0 Å². The standard InChI is InChI=1S/C11H9NO2/c1-12-5-4-11(14)9-6-8(7-13)2-3-10(9)12/h2-7H,1H3. The summed E-state index contributed by atoms with van der Waals surface area (Å²) in [5.74, 6) is 0. The maximum atomic E-state index is 11.5. The second-order valence-electron chi connectivity index (χ2n) is 3.19. The monoisotopic (exact) mass is 187 g/mol. The molecule has 0 fully saturated rings. The largest absolute Gasteiger partial charge is 0.350 e. The Hall–Kier alpha value is -1.90. The zero-order valence-electron chi connectivity index (χ0n) is 7.73. The summed E-state index contributed by atoms with van der Waals surface area (Å²) in [6.45, 7) is 0. The van der Waals surface area contributed by atoms with Crippen molar-refractivity contribution in [1.29, 1.82) is 0 Å². The van der Waals surface area contributed by atoms with Crippen molar-refractivity contribution in [2.24, 2.45) is 7.05 Å². The van der Waals surface area contributed by atoms with E-state index in [4.69, 9.17) is 0 Å². The first-order valence-corrected chi connectivity index (χ1v) is 4.27. The molecule has 0 aliphatic heterocycles. The van der Waals surface area contributed by atoms with Crippen LogP contribution < -0.4 is 5.43 Å². The molecule has 0 radical (unpaired) electrons. The molecular weight excluding hydrogens is 178 g/mol. The Kier molecular flexibility index (Phi) is 1.93. The molecule has 0 saturated carbocycles. The maximum Gasteiger partial charge on any atom is 0.189 e. The molecule has 0 spiro atoms. The molecule has 3 heteroatoms. The minimum Gasteiger partial charge on any atom is -0.350 e. The van der Waals surface area contributed by atoms with Crippen molar-refractivity contribution in [2.75, 3.05) is 0 Å². The van der Waals surface area contributed by atoms with E-state index in [9.17, 15) is 9.59 Å². The van der Waals surface area contributed by atoms with E-state index in [0.29, 0.717) is 10.9 Å². The average Bonchev–Trinajstić information content (AvgIpc) is 2.23. The lowest BCUT2D eigenvalue weighted by Crippen LogP contribution is -2.05. The number of carbonyl (C=O) groups is 1. The highest BCUT2D eigenvalue weighted by molar-refractivity contribution is 5.86. The fraction of sp³-hybridized carbons (Fsp3) is 0.0909. The molecule has 1 aromatic heterocycles. The van der Waals surface area contributed by atoms with Gasteiger partial charge in [0.05, 0.1) is 5.52 Å². The number of aromatic nitrogens is 1. The van der Waals surface area contributed by atoms with E-state index in [1.807, 2.05) is 11.6 Å². The number of fused-ring (bicyclic) bond motifs is 1. The summed E-state index contributed by atoms with van der Waals surface area (Å²) in [4.78, 5) is 22.0. The average molecular weight is 187 g/mol. The van der Waals surface area contributed by atoms with Gasteiger partial charge in [-0.05, 0) is 18.2 Å². The normalized spacial score (nSPS) is 10.4. The van der Waals surface area contributed by atoms with Gasteiger partial charge in [0, 0.05) is 30.3 Å². The summed E-state index contributed by atoms with van der Waals surface area (Å²) in [5, 5.41) is 0.583. The van der Waals surface area contributed by atoms with Gasteiger partial charge >= 0.3 is 0 Å². The van der Waals surface area contributed by atoms with Crippen molar-refractivity contribution in [3.63, 3.8) is 0 Å². The zero-order chi connectivity index (χ0) is 10.1. The van der Waals surface area contributed by atoms with Gasteiger partial charge in [-0.3, -0.25) is 9.59 Å². The number of hydrogen-bond acceptors (Lipinski definition) is 2. The van der Waals surface area contributed by atoms with Gasteiger partial charge in [0.2, 0.25) is 0 Å². The molecule has 2 rings (SSSR count). The Balaban J connectivity index is 2.94. The molecule has 2 aromatic rings. The molecule has 0 saturated heterocycles. The number of nitrogens with zero attached hydrogens (tertiary/aromatic N) is 1. The summed E-state index contributed by atoms with van der Waals surface area (Å²) in [5.41, 5.74) is 1.31. The SMILES string of the molecule is Cn1ccc(=O)c2cc(C=O)ccc21. The first-order chi connectivity index (χ1) is 6.72. The maximum absolute atomic E-state index is 11.5. The van der Waals surface area contributed by atoms with Gasteiger partial charge in [0.15, 0.2) is 5.43 Å². The van der Waals surface area contributed by atoms with Gasteiger partial charge in [-0.15, -0.1) is 0 Å². The lowest BCUT2D eigenvalue weighted by atomic mass is 10.1. The third-order valence-corrected chi connectivity index (χ3v) is 2.25. The molecule has 3 nitrogen and oxygen atoms in total. The van der Waals surface area contributed by atoms with E-state index in [0.717, 1.165) is 11.8 Å². The first-order valence-electron chi connectivity index (χ1n) is 4.27. The molecule has 70 valence electrons. The second kappa shape index (κ2) is 3.10. The molecule has 0 aliphatic carbocycles. The van der Waals surface area contributed by atoms with Crippen LogP contribution in [0.4, 0.5) is 0 Å². The fourth-order valence-corrected chi connectivity index (χ4v) is 1.48. The van der Waals surface area contributed by atoms with Crippen LogP contribution in [0.15, 0.2) is 35.3 Å². The minimum absolute atomic E-state index is 0.0539. The molecule has 0 N–H and O–H groups in total. The van der Waals surface area contributed by atoms with Crippen LogP contribution in [0.2, 0.25) is 0 Å². The Bertz CT molecular complexity index is 555. The third kappa shape index (κ3) is 1.23. The van der Waals surface area contributed by atoms with E-state index in [-0.39, 0.29) is 5.43 Å². The van der Waals surface area contributed by atoms with Crippen LogP contribution in [0.5, 0.6) is 0 Å². The van der Waals surface area contributed by atoms with Crippen molar-refractivity contribution < 1.29 is 4.79 Å². The Labute approximate surface area is 80.6 Å². The van der Waals surface area contributed by atoms with Crippen molar-refractivity contribution >= 4 is 17.2 Å². The Morgan fingerprint density at radius 1 is 1.29 bits per heavy atom. The summed E-state index contributed by atoms with van der Waals surface area (Å²) in [7, 11) is 1.86. The van der Waals surface area contributed by atoms with E-state index in [1.165, 1.54) is 6.07 Å². The van der Waals surface area contributed by atoms with E-state index in [2.05, 4.69) is 0 Å². The Morgan fingerprint density at radius 2 is 2.07 bits per heavy atom. The number of benzene rings is 1. The van der Waals surface area contributed by atoms with E-state index in [1.54, 1.807) is 24.4 Å². The number of aryl methyl sites for hydroxylation is 1. The number of rotatable bonds is 1. The van der Waals surface area contributed by atoms with Gasteiger partial charge in [-0.25, -0.2) is 0 Å².